The summed E-state index contributed by atoms with van der Waals surface area (Å²) in [6.07, 6.45) is 4.02. The Hall–Kier alpha value is -2.66. The van der Waals surface area contributed by atoms with Gasteiger partial charge in [-0.05, 0) is 48.9 Å². The fraction of sp³-hybridized carbons (Fsp3) is 0.391. The molecule has 1 aliphatic rings. The van der Waals surface area contributed by atoms with Crippen LogP contribution in [0.1, 0.15) is 42.5 Å². The predicted octanol–water partition coefficient (Wildman–Crippen LogP) is 3.55. The Morgan fingerprint density at radius 2 is 1.68 bits per heavy atom. The van der Waals surface area contributed by atoms with Crippen LogP contribution in [-0.2, 0) is 9.53 Å². The first-order valence-corrected chi connectivity index (χ1v) is 9.90. The van der Waals surface area contributed by atoms with Gasteiger partial charge in [0.15, 0.2) is 0 Å². The van der Waals surface area contributed by atoms with E-state index in [1.807, 2.05) is 54.6 Å². The van der Waals surface area contributed by atoms with E-state index in [0.717, 1.165) is 36.8 Å². The van der Waals surface area contributed by atoms with Crippen molar-refractivity contribution in [3.63, 3.8) is 0 Å². The van der Waals surface area contributed by atoms with Crippen LogP contribution in [0.4, 0.5) is 0 Å². The lowest BCUT2D eigenvalue weighted by atomic mass is 9.90. The van der Waals surface area contributed by atoms with E-state index in [4.69, 9.17) is 4.74 Å². The normalized spacial score (nSPS) is 19.0. The smallest absolute Gasteiger partial charge is 0.251 e. The van der Waals surface area contributed by atoms with E-state index < -0.39 is 0 Å². The van der Waals surface area contributed by atoms with Crippen molar-refractivity contribution in [3.05, 3.63) is 60.2 Å². The molecule has 2 aromatic rings. The van der Waals surface area contributed by atoms with E-state index in [1.165, 1.54) is 0 Å². The van der Waals surface area contributed by atoms with E-state index in [2.05, 4.69) is 10.6 Å². The van der Waals surface area contributed by atoms with Gasteiger partial charge in [-0.1, -0.05) is 42.5 Å². The SMILES string of the molecule is COCCC(=O)N[C@H]1CCC[C@@H](NC(=O)c2cccc(-c3ccccc3)c2)C1. The lowest BCUT2D eigenvalue weighted by molar-refractivity contribution is -0.122. The highest BCUT2D eigenvalue weighted by atomic mass is 16.5. The lowest BCUT2D eigenvalue weighted by Gasteiger charge is -2.30. The van der Waals surface area contributed by atoms with Gasteiger partial charge < -0.3 is 15.4 Å². The van der Waals surface area contributed by atoms with Crippen molar-refractivity contribution < 1.29 is 14.3 Å². The maximum Gasteiger partial charge on any atom is 0.251 e. The summed E-state index contributed by atoms with van der Waals surface area (Å²) in [6.45, 7) is 0.427. The second-order valence-corrected chi connectivity index (χ2v) is 7.29. The monoisotopic (exact) mass is 380 g/mol. The molecule has 0 spiro atoms. The van der Waals surface area contributed by atoms with Crippen molar-refractivity contribution in [1.29, 1.82) is 0 Å². The average molecular weight is 380 g/mol. The van der Waals surface area contributed by atoms with Crippen molar-refractivity contribution in [3.8, 4) is 11.1 Å². The van der Waals surface area contributed by atoms with Gasteiger partial charge in [0.25, 0.3) is 5.91 Å². The zero-order chi connectivity index (χ0) is 19.8. The zero-order valence-corrected chi connectivity index (χ0v) is 16.3. The van der Waals surface area contributed by atoms with E-state index in [-0.39, 0.29) is 23.9 Å². The zero-order valence-electron chi connectivity index (χ0n) is 16.3. The molecule has 2 atom stereocenters. The number of benzene rings is 2. The van der Waals surface area contributed by atoms with Crippen LogP contribution in [0, 0.1) is 0 Å². The molecule has 0 bridgehead atoms. The minimum atomic E-state index is -0.0610. The molecule has 2 amide bonds. The van der Waals surface area contributed by atoms with Gasteiger partial charge in [-0.25, -0.2) is 0 Å². The average Bonchev–Trinajstić information content (AvgIpc) is 2.73. The summed E-state index contributed by atoms with van der Waals surface area (Å²) in [7, 11) is 1.59. The van der Waals surface area contributed by atoms with Crippen LogP contribution in [0.15, 0.2) is 54.6 Å². The van der Waals surface area contributed by atoms with Gasteiger partial charge in [0.2, 0.25) is 5.91 Å². The standard InChI is InChI=1S/C23H28N2O3/c1-28-14-13-22(26)24-20-11-6-12-21(16-20)25-23(27)19-10-5-9-18(15-19)17-7-3-2-4-8-17/h2-5,7-10,15,20-21H,6,11-14,16H2,1H3,(H,24,26)(H,25,27)/t20-,21+/m0/s1. The Morgan fingerprint density at radius 1 is 0.964 bits per heavy atom. The van der Waals surface area contributed by atoms with Gasteiger partial charge in [-0.15, -0.1) is 0 Å². The maximum atomic E-state index is 12.8. The molecular weight excluding hydrogens is 352 g/mol. The Balaban J connectivity index is 1.58. The Bertz CT molecular complexity index is 791. The first-order valence-electron chi connectivity index (χ1n) is 9.90. The molecule has 2 N–H and O–H groups in total. The molecule has 5 nitrogen and oxygen atoms in total. The number of nitrogens with one attached hydrogen (secondary N) is 2. The van der Waals surface area contributed by atoms with Gasteiger partial charge >= 0.3 is 0 Å². The number of amides is 2. The minimum absolute atomic E-state index is 0.00869. The van der Waals surface area contributed by atoms with Gasteiger partial charge in [0, 0.05) is 31.2 Å². The topological polar surface area (TPSA) is 67.4 Å². The second kappa shape index (κ2) is 10.0. The molecule has 5 heteroatoms. The summed E-state index contributed by atoms with van der Waals surface area (Å²) in [5, 5.41) is 6.20. The molecule has 1 aliphatic carbocycles. The summed E-state index contributed by atoms with van der Waals surface area (Å²) in [5.41, 5.74) is 2.78. The second-order valence-electron chi connectivity index (χ2n) is 7.29. The molecule has 148 valence electrons. The summed E-state index contributed by atoms with van der Waals surface area (Å²) in [5.74, 6) is -0.0523. The molecule has 1 fully saturated rings. The third-order valence-electron chi connectivity index (χ3n) is 5.14. The fourth-order valence-electron chi connectivity index (χ4n) is 3.69. The van der Waals surface area contributed by atoms with E-state index in [1.54, 1.807) is 7.11 Å². The van der Waals surface area contributed by atoms with Crippen molar-refractivity contribution in [2.45, 2.75) is 44.2 Å². The largest absolute Gasteiger partial charge is 0.384 e. The van der Waals surface area contributed by atoms with Crippen LogP contribution in [-0.4, -0.2) is 37.6 Å². The molecule has 28 heavy (non-hydrogen) atoms. The molecule has 0 aliphatic heterocycles. The maximum absolute atomic E-state index is 12.8. The van der Waals surface area contributed by atoms with Crippen molar-refractivity contribution in [2.24, 2.45) is 0 Å². The number of hydrogen-bond acceptors (Lipinski definition) is 3. The Kier molecular flexibility index (Phi) is 7.20. The van der Waals surface area contributed by atoms with Crippen LogP contribution in [0.2, 0.25) is 0 Å². The highest BCUT2D eigenvalue weighted by Crippen LogP contribution is 2.22. The Labute approximate surface area is 166 Å². The van der Waals surface area contributed by atoms with Crippen LogP contribution < -0.4 is 10.6 Å². The summed E-state index contributed by atoms with van der Waals surface area (Å²) < 4.78 is 4.95. The fourth-order valence-corrected chi connectivity index (χ4v) is 3.69. The molecule has 0 saturated heterocycles. The van der Waals surface area contributed by atoms with Crippen molar-refractivity contribution in [1.82, 2.24) is 10.6 Å². The number of ether oxygens (including phenoxy) is 1. The molecule has 2 aromatic carbocycles. The van der Waals surface area contributed by atoms with E-state index in [9.17, 15) is 9.59 Å². The van der Waals surface area contributed by atoms with Crippen LogP contribution in [0.5, 0.6) is 0 Å². The van der Waals surface area contributed by atoms with Gasteiger partial charge in [-0.2, -0.15) is 0 Å². The van der Waals surface area contributed by atoms with Crippen molar-refractivity contribution >= 4 is 11.8 Å². The number of methoxy groups -OCH3 is 1. The first kappa shape index (κ1) is 20.1. The van der Waals surface area contributed by atoms with Crippen LogP contribution in [0.3, 0.4) is 0 Å². The molecule has 0 heterocycles. The minimum Gasteiger partial charge on any atom is -0.384 e. The molecule has 3 rings (SSSR count). The lowest BCUT2D eigenvalue weighted by Crippen LogP contribution is -2.45. The molecule has 0 aromatic heterocycles. The highest BCUT2D eigenvalue weighted by molar-refractivity contribution is 5.95. The Morgan fingerprint density at radius 3 is 2.43 bits per heavy atom. The predicted molar refractivity (Wildman–Crippen MR) is 110 cm³/mol. The summed E-state index contributed by atoms with van der Waals surface area (Å²) in [4.78, 5) is 24.7. The van der Waals surface area contributed by atoms with Gasteiger partial charge in [0.05, 0.1) is 6.61 Å². The summed E-state index contributed by atoms with van der Waals surface area (Å²) >= 11 is 0. The molecule has 0 radical (unpaired) electrons. The first-order chi connectivity index (χ1) is 13.7. The number of carbonyl (C=O) groups is 2. The van der Waals surface area contributed by atoms with Crippen LogP contribution in [0.25, 0.3) is 11.1 Å². The molecule has 0 unspecified atom stereocenters. The number of hydrogen-bond donors (Lipinski definition) is 2. The van der Waals surface area contributed by atoms with E-state index in [0.29, 0.717) is 18.6 Å². The van der Waals surface area contributed by atoms with Crippen LogP contribution >= 0.6 is 0 Å². The third-order valence-corrected chi connectivity index (χ3v) is 5.14. The number of carbonyl (C=O) groups excluding carboxylic acids is 2. The third kappa shape index (κ3) is 5.67. The highest BCUT2D eigenvalue weighted by Gasteiger charge is 2.24. The molecular formula is C23H28N2O3. The van der Waals surface area contributed by atoms with E-state index >= 15 is 0 Å². The van der Waals surface area contributed by atoms with Crippen molar-refractivity contribution in [2.75, 3.05) is 13.7 Å². The quantitative estimate of drug-likeness (QED) is 0.772. The number of rotatable bonds is 7. The molecule has 1 saturated carbocycles. The van der Waals surface area contributed by atoms with Gasteiger partial charge in [0.1, 0.15) is 0 Å². The summed E-state index contributed by atoms with van der Waals surface area (Å²) in [6, 6.07) is 17.9. The van der Waals surface area contributed by atoms with Gasteiger partial charge in [-0.3, -0.25) is 9.59 Å².